The average molecular weight is 509 g/mol. The minimum atomic E-state index is -0.512. The lowest BCUT2D eigenvalue weighted by Crippen LogP contribution is -2.51. The van der Waals surface area contributed by atoms with E-state index in [0.29, 0.717) is 13.0 Å². The van der Waals surface area contributed by atoms with Gasteiger partial charge in [0.05, 0.1) is 18.4 Å². The molecule has 2 amide bonds. The van der Waals surface area contributed by atoms with E-state index >= 15 is 0 Å². The molecule has 5 rings (SSSR count). The maximum absolute atomic E-state index is 13.3. The summed E-state index contributed by atoms with van der Waals surface area (Å²) in [5, 5.41) is 0. The fourth-order valence-corrected chi connectivity index (χ4v) is 6.59. The van der Waals surface area contributed by atoms with Crippen LogP contribution in [0.1, 0.15) is 51.9 Å². The summed E-state index contributed by atoms with van der Waals surface area (Å²) in [7, 11) is 0. The molecule has 2 aliphatic heterocycles. The highest BCUT2D eigenvalue weighted by Gasteiger charge is 2.59. The number of piperazine rings is 1. The molecule has 8 nitrogen and oxygen atoms in total. The number of likely N-dealkylation sites (tertiary alicyclic amines) is 1. The van der Waals surface area contributed by atoms with Gasteiger partial charge in [-0.1, -0.05) is 50.8 Å². The third-order valence-electron chi connectivity index (χ3n) is 8.54. The van der Waals surface area contributed by atoms with Gasteiger partial charge >= 0.3 is 5.97 Å². The summed E-state index contributed by atoms with van der Waals surface area (Å²) in [6.07, 6.45) is 12.1. The van der Waals surface area contributed by atoms with Crippen LogP contribution >= 0.6 is 0 Å². The number of carbonyl (C=O) groups is 3. The molecule has 3 fully saturated rings. The zero-order valence-electron chi connectivity index (χ0n) is 22.0. The Bertz CT molecular complexity index is 961. The van der Waals surface area contributed by atoms with Crippen LogP contribution in [0.4, 0.5) is 5.82 Å². The predicted molar refractivity (Wildman–Crippen MR) is 141 cm³/mol. The summed E-state index contributed by atoms with van der Waals surface area (Å²) in [5.41, 5.74) is 0. The Morgan fingerprint density at radius 1 is 0.973 bits per heavy atom. The van der Waals surface area contributed by atoms with Crippen molar-refractivity contribution in [1.29, 1.82) is 0 Å². The number of ether oxygens (including phenoxy) is 1. The van der Waals surface area contributed by atoms with Gasteiger partial charge in [0.2, 0.25) is 11.8 Å². The Labute approximate surface area is 220 Å². The molecule has 2 bridgehead atoms. The van der Waals surface area contributed by atoms with Crippen LogP contribution in [0, 0.1) is 23.7 Å². The molecule has 200 valence electrons. The first-order chi connectivity index (χ1) is 18.0. The second-order valence-electron chi connectivity index (χ2n) is 11.0. The number of rotatable bonds is 12. The van der Waals surface area contributed by atoms with Crippen molar-refractivity contribution in [3.05, 3.63) is 36.5 Å². The maximum atomic E-state index is 13.3. The van der Waals surface area contributed by atoms with Crippen LogP contribution in [-0.2, 0) is 19.1 Å². The van der Waals surface area contributed by atoms with Gasteiger partial charge in [-0.3, -0.25) is 24.2 Å². The zero-order valence-corrected chi connectivity index (χ0v) is 22.0. The van der Waals surface area contributed by atoms with Crippen molar-refractivity contribution >= 4 is 23.6 Å². The molecule has 5 atom stereocenters. The lowest BCUT2D eigenvalue weighted by molar-refractivity contribution is -0.155. The minimum absolute atomic E-state index is 0.0764. The van der Waals surface area contributed by atoms with E-state index in [9.17, 15) is 14.4 Å². The number of imide groups is 1. The summed E-state index contributed by atoms with van der Waals surface area (Å²) in [5.74, 6) is 0.505. The SMILES string of the molecule is CCCCCCCC(=O)OC(CN1CCN(c2ccccn2)CC1)CN1C(=O)C2C3C=CC(C3)C2C1=O. The lowest BCUT2D eigenvalue weighted by Gasteiger charge is -2.37. The molecule has 37 heavy (non-hydrogen) atoms. The topological polar surface area (TPSA) is 83.1 Å². The third kappa shape index (κ3) is 5.74. The largest absolute Gasteiger partial charge is 0.459 e. The molecule has 8 heteroatoms. The number of pyridine rings is 1. The number of esters is 1. The number of aromatic nitrogens is 1. The molecule has 0 radical (unpaired) electrons. The fourth-order valence-electron chi connectivity index (χ4n) is 6.59. The molecule has 0 spiro atoms. The quantitative estimate of drug-likeness (QED) is 0.185. The van der Waals surface area contributed by atoms with E-state index in [-0.39, 0.29) is 48.0 Å². The van der Waals surface area contributed by atoms with Crippen molar-refractivity contribution in [2.75, 3.05) is 44.2 Å². The molecule has 2 aliphatic carbocycles. The first kappa shape index (κ1) is 25.9. The normalized spacial score (nSPS) is 27.7. The summed E-state index contributed by atoms with van der Waals surface area (Å²) in [4.78, 5) is 49.7. The smallest absolute Gasteiger partial charge is 0.306 e. The van der Waals surface area contributed by atoms with Crippen LogP contribution in [0.2, 0.25) is 0 Å². The van der Waals surface area contributed by atoms with Gasteiger partial charge in [0.25, 0.3) is 0 Å². The van der Waals surface area contributed by atoms with E-state index in [4.69, 9.17) is 4.74 Å². The second-order valence-corrected chi connectivity index (χ2v) is 11.0. The fraction of sp³-hybridized carbons (Fsp3) is 0.655. The molecule has 2 saturated heterocycles. The van der Waals surface area contributed by atoms with Gasteiger partial charge in [-0.05, 0) is 36.8 Å². The molecule has 0 N–H and O–H groups in total. The van der Waals surface area contributed by atoms with Crippen molar-refractivity contribution in [1.82, 2.24) is 14.8 Å². The highest BCUT2D eigenvalue weighted by molar-refractivity contribution is 6.06. The van der Waals surface area contributed by atoms with Gasteiger partial charge in [-0.15, -0.1) is 0 Å². The summed E-state index contributed by atoms with van der Waals surface area (Å²) < 4.78 is 5.95. The van der Waals surface area contributed by atoms with Crippen molar-refractivity contribution in [2.24, 2.45) is 23.7 Å². The molecular weight excluding hydrogens is 468 g/mol. The number of carbonyl (C=O) groups excluding carboxylic acids is 3. The highest BCUT2D eigenvalue weighted by Crippen LogP contribution is 2.52. The Kier molecular flexibility index (Phi) is 8.23. The number of unbranched alkanes of at least 4 members (excludes halogenated alkanes) is 4. The standard InChI is InChI=1S/C29H40N4O4/c1-2-3-4-5-6-10-25(34)37-23(19-31-14-16-32(17-15-31)24-9-7-8-13-30-24)20-33-28(35)26-21-11-12-22(18-21)27(26)29(33)36/h7-9,11-13,21-23,26-27H,2-6,10,14-20H2,1H3. The Balaban J connectivity index is 1.19. The van der Waals surface area contributed by atoms with Crippen molar-refractivity contribution in [2.45, 2.75) is 58.0 Å². The highest BCUT2D eigenvalue weighted by atomic mass is 16.5. The monoisotopic (exact) mass is 508 g/mol. The van der Waals surface area contributed by atoms with E-state index in [1.807, 2.05) is 18.2 Å². The van der Waals surface area contributed by atoms with Gasteiger partial charge in [0.15, 0.2) is 0 Å². The molecule has 1 aromatic rings. The van der Waals surface area contributed by atoms with Crippen molar-refractivity contribution < 1.29 is 19.1 Å². The predicted octanol–water partition coefficient (Wildman–Crippen LogP) is 3.28. The van der Waals surface area contributed by atoms with Crippen molar-refractivity contribution in [3.63, 3.8) is 0 Å². The van der Waals surface area contributed by atoms with Gasteiger partial charge in [-0.25, -0.2) is 4.98 Å². The van der Waals surface area contributed by atoms with E-state index in [2.05, 4.69) is 33.9 Å². The van der Waals surface area contributed by atoms with Crippen LogP contribution in [0.3, 0.4) is 0 Å². The second kappa shape index (κ2) is 11.8. The number of allylic oxidation sites excluding steroid dienone is 2. The van der Waals surface area contributed by atoms with Crippen LogP contribution < -0.4 is 4.90 Å². The van der Waals surface area contributed by atoms with Crippen LogP contribution in [0.25, 0.3) is 0 Å². The van der Waals surface area contributed by atoms with E-state index < -0.39 is 6.10 Å². The first-order valence-corrected chi connectivity index (χ1v) is 14.2. The molecular formula is C29H40N4O4. The van der Waals surface area contributed by atoms with E-state index in [1.165, 1.54) is 11.3 Å². The summed E-state index contributed by atoms with van der Waals surface area (Å²) in [6.45, 7) is 6.13. The zero-order chi connectivity index (χ0) is 25.8. The average Bonchev–Trinajstić information content (AvgIpc) is 3.60. The molecule has 0 aromatic carbocycles. The Morgan fingerprint density at radius 3 is 2.32 bits per heavy atom. The van der Waals surface area contributed by atoms with Gasteiger partial charge < -0.3 is 9.64 Å². The van der Waals surface area contributed by atoms with Gasteiger partial charge in [0, 0.05) is 45.3 Å². The summed E-state index contributed by atoms with van der Waals surface area (Å²) in [6, 6.07) is 5.93. The first-order valence-electron chi connectivity index (χ1n) is 14.2. The molecule has 3 heterocycles. The molecule has 1 saturated carbocycles. The summed E-state index contributed by atoms with van der Waals surface area (Å²) >= 11 is 0. The number of hydrogen-bond acceptors (Lipinski definition) is 7. The van der Waals surface area contributed by atoms with Crippen LogP contribution in [0.5, 0.6) is 0 Å². The van der Waals surface area contributed by atoms with E-state index in [0.717, 1.165) is 64.1 Å². The number of nitrogens with zero attached hydrogens (tertiary/aromatic N) is 4. The Morgan fingerprint density at radius 2 is 1.68 bits per heavy atom. The Hall–Kier alpha value is -2.74. The maximum Gasteiger partial charge on any atom is 0.306 e. The number of fused-ring (bicyclic) bond motifs is 5. The number of hydrogen-bond donors (Lipinski definition) is 0. The van der Waals surface area contributed by atoms with Crippen LogP contribution in [-0.4, -0.2) is 77.9 Å². The third-order valence-corrected chi connectivity index (χ3v) is 8.54. The van der Waals surface area contributed by atoms with Gasteiger partial charge in [-0.2, -0.15) is 0 Å². The minimum Gasteiger partial charge on any atom is -0.459 e. The molecule has 1 aromatic heterocycles. The molecule has 4 aliphatic rings. The molecule has 5 unspecified atom stereocenters. The van der Waals surface area contributed by atoms with E-state index in [1.54, 1.807) is 6.20 Å². The van der Waals surface area contributed by atoms with Crippen molar-refractivity contribution in [3.8, 4) is 0 Å². The van der Waals surface area contributed by atoms with Crippen LogP contribution in [0.15, 0.2) is 36.5 Å². The lowest BCUT2D eigenvalue weighted by atomic mass is 9.85. The number of amides is 2. The van der Waals surface area contributed by atoms with Gasteiger partial charge in [0.1, 0.15) is 11.9 Å². The number of anilines is 1.